The van der Waals surface area contributed by atoms with E-state index in [-0.39, 0.29) is 12.5 Å². The van der Waals surface area contributed by atoms with Crippen molar-refractivity contribution in [1.82, 2.24) is 15.0 Å². The number of amides is 1. The monoisotopic (exact) mass is 336 g/mol. The zero-order valence-electron chi connectivity index (χ0n) is 15.0. The van der Waals surface area contributed by atoms with Gasteiger partial charge in [-0.2, -0.15) is 5.10 Å². The Kier molecular flexibility index (Phi) is 3.74. The number of aromatic nitrogens is 2. The first-order chi connectivity index (χ1) is 12.0. The summed E-state index contributed by atoms with van der Waals surface area (Å²) >= 11 is 0. The van der Waals surface area contributed by atoms with Gasteiger partial charge in [0.1, 0.15) is 12.4 Å². The number of hydrogen-bond acceptors (Lipinski definition) is 3. The van der Waals surface area contributed by atoms with Crippen LogP contribution in [0.25, 0.3) is 11.0 Å². The van der Waals surface area contributed by atoms with Gasteiger partial charge in [-0.1, -0.05) is 32.1 Å². The Morgan fingerprint density at radius 3 is 3.00 bits per heavy atom. The molecule has 0 unspecified atom stereocenters. The first kappa shape index (κ1) is 16.1. The molecule has 1 amide bonds. The summed E-state index contributed by atoms with van der Waals surface area (Å²) in [5.41, 5.74) is 6.17. The fraction of sp³-hybridized carbons (Fsp3) is 0.450. The Bertz CT molecular complexity index is 890. The van der Waals surface area contributed by atoms with Gasteiger partial charge in [-0.3, -0.25) is 4.79 Å². The van der Waals surface area contributed by atoms with Gasteiger partial charge >= 0.3 is 0 Å². The van der Waals surface area contributed by atoms with Gasteiger partial charge in [0.05, 0.1) is 17.2 Å². The predicted octanol–water partition coefficient (Wildman–Crippen LogP) is 3.44. The minimum atomic E-state index is -0.135. The van der Waals surface area contributed by atoms with Crippen LogP contribution in [0.3, 0.4) is 0 Å². The number of carbonyl (C=O) groups excluding carboxylic acids is 1. The maximum Gasteiger partial charge on any atom is 0.260 e. The topological polar surface area (TPSA) is 59.3 Å². The average molecular weight is 336 g/mol. The highest BCUT2D eigenvalue weighted by atomic mass is 16.2. The van der Waals surface area contributed by atoms with E-state index in [1.807, 2.05) is 42.0 Å². The van der Waals surface area contributed by atoms with E-state index in [1.54, 1.807) is 0 Å². The van der Waals surface area contributed by atoms with Crippen molar-refractivity contribution in [2.75, 3.05) is 0 Å². The first-order valence-corrected chi connectivity index (χ1v) is 8.90. The molecule has 2 aromatic rings. The van der Waals surface area contributed by atoms with E-state index in [0.29, 0.717) is 11.3 Å². The third-order valence-corrected chi connectivity index (χ3v) is 6.06. The fourth-order valence-corrected chi connectivity index (χ4v) is 4.30. The molecule has 0 spiro atoms. The van der Waals surface area contributed by atoms with E-state index in [4.69, 9.17) is 0 Å². The van der Waals surface area contributed by atoms with Crippen molar-refractivity contribution in [3.63, 3.8) is 0 Å². The third-order valence-electron chi connectivity index (χ3n) is 6.06. The number of nitrogens with zero attached hydrogens (tertiary/aromatic N) is 3. The maximum absolute atomic E-state index is 12.3. The van der Waals surface area contributed by atoms with Crippen LogP contribution in [-0.2, 0) is 11.3 Å². The van der Waals surface area contributed by atoms with Gasteiger partial charge in [0.2, 0.25) is 0 Å². The van der Waals surface area contributed by atoms with Gasteiger partial charge in [0.25, 0.3) is 5.91 Å². The Morgan fingerprint density at radius 2 is 2.24 bits per heavy atom. The first-order valence-electron chi connectivity index (χ1n) is 8.90. The lowest BCUT2D eigenvalue weighted by Crippen LogP contribution is -2.48. The van der Waals surface area contributed by atoms with Crippen LogP contribution in [0, 0.1) is 24.2 Å². The molecule has 3 aliphatic rings. The second-order valence-electron chi connectivity index (χ2n) is 7.77. The molecule has 0 saturated heterocycles. The van der Waals surface area contributed by atoms with Crippen LogP contribution in [0.4, 0.5) is 0 Å². The molecule has 1 saturated carbocycles. The van der Waals surface area contributed by atoms with Crippen LogP contribution >= 0.6 is 0 Å². The van der Waals surface area contributed by atoms with Crippen LogP contribution in [0.5, 0.6) is 0 Å². The van der Waals surface area contributed by atoms with Crippen LogP contribution in [-0.4, -0.2) is 21.7 Å². The van der Waals surface area contributed by atoms with Gasteiger partial charge < -0.3 is 4.57 Å². The number of rotatable bonds is 4. The standard InChI is InChI=1S/C20H24N4O/c1-13-22-17-6-4-5-7-18(17)24(13)12-19(25)23-21-11-14-8-9-15-10-16(14)20(15,2)3/h4-8,11,15-16H,9-10,12H2,1-3H3,(H,23,25)/b21-11-/t15-,16-/m0/s1. The van der Waals surface area contributed by atoms with Gasteiger partial charge in [-0.15, -0.1) is 0 Å². The highest BCUT2D eigenvalue weighted by Crippen LogP contribution is 2.58. The number of imidazole rings is 1. The number of allylic oxidation sites excluding steroid dienone is 2. The molecule has 2 atom stereocenters. The van der Waals surface area contributed by atoms with Crippen LogP contribution < -0.4 is 5.43 Å². The van der Waals surface area contributed by atoms with Crippen LogP contribution in [0.15, 0.2) is 41.0 Å². The van der Waals surface area contributed by atoms with Crippen molar-refractivity contribution in [2.45, 2.75) is 40.2 Å². The molecule has 0 aliphatic heterocycles. The molecule has 5 heteroatoms. The van der Waals surface area contributed by atoms with E-state index in [2.05, 4.69) is 35.4 Å². The van der Waals surface area contributed by atoms with Crippen molar-refractivity contribution in [3.8, 4) is 0 Å². The summed E-state index contributed by atoms with van der Waals surface area (Å²) in [5.74, 6) is 2.08. The summed E-state index contributed by atoms with van der Waals surface area (Å²) < 4.78 is 1.92. The lowest BCUT2D eigenvalue weighted by atomic mass is 9.49. The molecular formula is C20H24N4O. The van der Waals surface area contributed by atoms with Gasteiger partial charge in [0.15, 0.2) is 0 Å². The lowest BCUT2D eigenvalue weighted by molar-refractivity contribution is -0.121. The Morgan fingerprint density at radius 1 is 1.44 bits per heavy atom. The van der Waals surface area contributed by atoms with E-state index in [9.17, 15) is 4.79 Å². The SMILES string of the molecule is Cc1nc2ccccc2n1CC(=O)N/N=C\C1=CC[C@H]2C[C@@H]1C2(C)C. The van der Waals surface area contributed by atoms with Crippen molar-refractivity contribution >= 4 is 23.2 Å². The number of carbonyl (C=O) groups is 1. The number of hydrogen-bond donors (Lipinski definition) is 1. The zero-order valence-corrected chi connectivity index (χ0v) is 15.0. The number of para-hydroxylation sites is 2. The molecule has 5 nitrogen and oxygen atoms in total. The normalized spacial score (nSPS) is 24.2. The smallest absolute Gasteiger partial charge is 0.260 e. The molecule has 1 aromatic carbocycles. The van der Waals surface area contributed by atoms with Crippen molar-refractivity contribution in [3.05, 3.63) is 41.7 Å². The Hall–Kier alpha value is -2.43. The quantitative estimate of drug-likeness (QED) is 0.687. The molecule has 25 heavy (non-hydrogen) atoms. The maximum atomic E-state index is 12.3. The molecule has 1 N–H and O–H groups in total. The Labute approximate surface area is 147 Å². The molecule has 3 aliphatic carbocycles. The van der Waals surface area contributed by atoms with Crippen LogP contribution in [0.2, 0.25) is 0 Å². The molecule has 130 valence electrons. The van der Waals surface area contributed by atoms with Gasteiger partial charge in [-0.05, 0) is 54.7 Å². The highest BCUT2D eigenvalue weighted by Gasteiger charge is 2.50. The largest absolute Gasteiger partial charge is 0.319 e. The Balaban J connectivity index is 1.41. The van der Waals surface area contributed by atoms with E-state index in [0.717, 1.165) is 29.2 Å². The average Bonchev–Trinajstić information content (AvgIpc) is 2.90. The number of hydrazone groups is 1. The summed E-state index contributed by atoms with van der Waals surface area (Å²) in [6, 6.07) is 7.85. The van der Waals surface area contributed by atoms with E-state index < -0.39 is 0 Å². The third kappa shape index (κ3) is 2.68. The van der Waals surface area contributed by atoms with Crippen LogP contribution in [0.1, 0.15) is 32.5 Å². The molecule has 1 heterocycles. The summed E-state index contributed by atoms with van der Waals surface area (Å²) in [4.78, 5) is 16.8. The number of benzene rings is 1. The minimum Gasteiger partial charge on any atom is -0.319 e. The number of nitrogens with one attached hydrogen (secondary N) is 1. The summed E-state index contributed by atoms with van der Waals surface area (Å²) in [5, 5.41) is 4.20. The number of aryl methyl sites for hydroxylation is 1. The molecule has 0 radical (unpaired) electrons. The number of fused-ring (bicyclic) bond motifs is 2. The minimum absolute atomic E-state index is 0.135. The predicted molar refractivity (Wildman–Crippen MR) is 99.2 cm³/mol. The highest BCUT2D eigenvalue weighted by molar-refractivity contribution is 5.84. The molecule has 5 rings (SSSR count). The molecule has 1 fully saturated rings. The van der Waals surface area contributed by atoms with E-state index in [1.165, 1.54) is 12.0 Å². The molecule has 2 bridgehead atoms. The molecule has 1 aromatic heterocycles. The second-order valence-corrected chi connectivity index (χ2v) is 7.77. The van der Waals surface area contributed by atoms with Crippen molar-refractivity contribution in [2.24, 2.45) is 22.4 Å². The summed E-state index contributed by atoms with van der Waals surface area (Å²) in [6.45, 7) is 6.80. The fourth-order valence-electron chi connectivity index (χ4n) is 4.30. The van der Waals surface area contributed by atoms with Gasteiger partial charge in [0, 0.05) is 0 Å². The lowest BCUT2D eigenvalue weighted by Gasteiger charge is -2.55. The van der Waals surface area contributed by atoms with Crippen molar-refractivity contribution in [1.29, 1.82) is 0 Å². The summed E-state index contributed by atoms with van der Waals surface area (Å²) in [7, 11) is 0. The van der Waals surface area contributed by atoms with E-state index >= 15 is 0 Å². The van der Waals surface area contributed by atoms with Crippen molar-refractivity contribution < 1.29 is 4.79 Å². The molecular weight excluding hydrogens is 312 g/mol. The second kappa shape index (κ2) is 5.83. The van der Waals surface area contributed by atoms with Gasteiger partial charge in [-0.25, -0.2) is 10.4 Å². The zero-order chi connectivity index (χ0) is 17.6. The summed E-state index contributed by atoms with van der Waals surface area (Å²) in [6.07, 6.45) is 6.48.